The number of aryl methyl sites for hydroxylation is 4. The molecule has 2 N–H and O–H groups in total. The number of benzene rings is 2. The van der Waals surface area contributed by atoms with Gasteiger partial charge >= 0.3 is 0 Å². The Labute approximate surface area is 489 Å². The van der Waals surface area contributed by atoms with Gasteiger partial charge in [-0.15, -0.1) is 43.1 Å². The second kappa shape index (κ2) is 29.6. The second-order valence-corrected chi connectivity index (χ2v) is 23.2. The van der Waals surface area contributed by atoms with Crippen LogP contribution >= 0.6 is 45.9 Å². The molecule has 6 heterocycles. The molecular weight excluding hydrogens is 1120 g/mol. The number of rotatable bonds is 32. The van der Waals surface area contributed by atoms with E-state index in [1.807, 2.05) is 78.4 Å². The minimum Gasteiger partial charge on any atom is -0.378 e. The van der Waals surface area contributed by atoms with Crippen LogP contribution in [0.25, 0.3) is 10.0 Å². The summed E-state index contributed by atoms with van der Waals surface area (Å²) in [7, 11) is 0. The number of ether oxygens (including phenoxy) is 7. The number of carbonyl (C=O) groups is 3. The molecule has 8 rings (SSSR count). The fraction of sp³-hybridized carbons (Fsp3) is 0.491. The number of nitrogens with one attached hydrogen (secondary N) is 2. The summed E-state index contributed by atoms with van der Waals surface area (Å²) in [5, 5.41) is 26.9. The third-order valence-corrected chi connectivity index (χ3v) is 16.5. The number of aliphatic imine (C=N–C) groups is 2. The first kappa shape index (κ1) is 61.4. The van der Waals surface area contributed by atoms with Crippen LogP contribution in [0, 0.1) is 47.0 Å². The number of halogens is 2. The second-order valence-electron chi connectivity index (χ2n) is 20.0. The van der Waals surface area contributed by atoms with Gasteiger partial charge in [0.05, 0.1) is 110 Å². The number of hydrogen-bond donors (Lipinski definition) is 2. The standard InChI is InChI=1S/C57H70Cl2N10O10S2/c1-35-37(3)80-55-49(35)51(41-8-12-43(58)13-9-41)62-45(53-66-64-39(5)68(53)55)30-47(71)60-16-19-73-22-24-75-26-28-78-33-57(7,32-77-21-18-70)34-79-29-27-76-25-23-74-20-17-61-48(72)31-46-54-67-65-40(6)69(54)56-50(36(2)38(4)81-56)52(63-46)42-10-14-44(59)15-11-42/h8-15,18,45-46H,16-17,19-34H2,1-7H3,(H,60,71)(H,61,72)/t45-,46-/m0/s1. The molecule has 0 saturated carbocycles. The van der Waals surface area contributed by atoms with E-state index in [-0.39, 0.29) is 37.9 Å². The van der Waals surface area contributed by atoms with Crippen LogP contribution in [0.3, 0.4) is 0 Å². The average Bonchev–Trinajstić information content (AvgIpc) is 4.26. The molecule has 0 aliphatic carbocycles. The van der Waals surface area contributed by atoms with Gasteiger partial charge in [-0.1, -0.05) is 54.4 Å². The van der Waals surface area contributed by atoms with E-state index in [1.54, 1.807) is 22.7 Å². The molecule has 0 unspecified atom stereocenters. The van der Waals surface area contributed by atoms with Gasteiger partial charge in [0.1, 0.15) is 46.6 Å². The van der Waals surface area contributed by atoms with Crippen LogP contribution in [0.15, 0.2) is 58.5 Å². The van der Waals surface area contributed by atoms with Crippen LogP contribution in [-0.2, 0) is 47.5 Å². The highest BCUT2D eigenvalue weighted by Gasteiger charge is 2.35. The van der Waals surface area contributed by atoms with Crippen molar-refractivity contribution >= 4 is 75.4 Å². The highest BCUT2D eigenvalue weighted by atomic mass is 35.5. The van der Waals surface area contributed by atoms with Gasteiger partial charge in [-0.05, 0) is 76.9 Å². The fourth-order valence-corrected chi connectivity index (χ4v) is 12.0. The smallest absolute Gasteiger partial charge is 0.222 e. The Balaban J connectivity index is 0.670. The van der Waals surface area contributed by atoms with Gasteiger partial charge in [-0.3, -0.25) is 28.7 Å². The molecule has 2 aromatic carbocycles. The van der Waals surface area contributed by atoms with Gasteiger partial charge in [-0.25, -0.2) is 0 Å². The van der Waals surface area contributed by atoms with Crippen molar-refractivity contribution in [2.75, 3.05) is 106 Å². The van der Waals surface area contributed by atoms with Crippen LogP contribution < -0.4 is 10.6 Å². The van der Waals surface area contributed by atoms with Crippen molar-refractivity contribution in [3.63, 3.8) is 0 Å². The lowest BCUT2D eigenvalue weighted by molar-refractivity contribution is -0.122. The number of aromatic nitrogens is 6. The molecule has 0 spiro atoms. The maximum Gasteiger partial charge on any atom is 0.222 e. The molecule has 2 aliphatic heterocycles. The van der Waals surface area contributed by atoms with E-state index in [9.17, 15) is 14.4 Å². The van der Waals surface area contributed by atoms with E-state index in [4.69, 9.17) is 66.3 Å². The van der Waals surface area contributed by atoms with Gasteiger partial charge in [0.15, 0.2) is 11.6 Å². The molecule has 0 fully saturated rings. The Morgan fingerprint density at radius 2 is 0.926 bits per heavy atom. The topological polar surface area (TPSA) is 226 Å². The average molecular weight is 1190 g/mol. The summed E-state index contributed by atoms with van der Waals surface area (Å²) < 4.78 is 44.4. The van der Waals surface area contributed by atoms with E-state index in [2.05, 4.69) is 58.7 Å². The molecule has 0 saturated heterocycles. The molecule has 20 nitrogen and oxygen atoms in total. The van der Waals surface area contributed by atoms with Crippen molar-refractivity contribution in [3.8, 4) is 10.0 Å². The summed E-state index contributed by atoms with van der Waals surface area (Å²) in [6.07, 6.45) is 0.867. The highest BCUT2D eigenvalue weighted by Crippen LogP contribution is 2.41. The third kappa shape index (κ3) is 15.9. The van der Waals surface area contributed by atoms with Crippen LogP contribution in [0.4, 0.5) is 0 Å². The Bertz CT molecular complexity index is 2960. The molecule has 2 atom stereocenters. The maximum atomic E-state index is 13.3. The van der Waals surface area contributed by atoms with Gasteiger partial charge in [0, 0.05) is 60.6 Å². The van der Waals surface area contributed by atoms with Gasteiger partial charge in [-0.2, -0.15) is 0 Å². The van der Waals surface area contributed by atoms with Gasteiger partial charge in [0.2, 0.25) is 11.8 Å². The Morgan fingerprint density at radius 3 is 1.32 bits per heavy atom. The minimum absolute atomic E-state index is 0.0311. The first-order valence-electron chi connectivity index (χ1n) is 26.9. The predicted molar refractivity (Wildman–Crippen MR) is 312 cm³/mol. The summed E-state index contributed by atoms with van der Waals surface area (Å²) in [4.78, 5) is 50.3. The van der Waals surface area contributed by atoms with Crippen molar-refractivity contribution in [1.82, 2.24) is 40.2 Å². The zero-order valence-corrected chi connectivity index (χ0v) is 50.0. The van der Waals surface area contributed by atoms with Gasteiger partial charge in [0.25, 0.3) is 0 Å². The zero-order chi connectivity index (χ0) is 57.5. The monoisotopic (exact) mass is 1190 g/mol. The Hall–Kier alpha value is -5.63. The van der Waals surface area contributed by atoms with Crippen molar-refractivity contribution in [2.24, 2.45) is 15.4 Å². The molecule has 0 radical (unpaired) electrons. The number of aldehydes is 1. The normalized spacial score (nSPS) is 14.8. The first-order valence-corrected chi connectivity index (χ1v) is 29.3. The number of amides is 2. The predicted octanol–water partition coefficient (Wildman–Crippen LogP) is 7.95. The number of hydrogen-bond acceptors (Lipinski definition) is 18. The fourth-order valence-electron chi connectivity index (χ4n) is 9.28. The largest absolute Gasteiger partial charge is 0.378 e. The highest BCUT2D eigenvalue weighted by molar-refractivity contribution is 7.15. The van der Waals surface area contributed by atoms with E-state index in [0.29, 0.717) is 120 Å². The first-order chi connectivity index (χ1) is 39.2. The van der Waals surface area contributed by atoms with Crippen LogP contribution in [0.5, 0.6) is 0 Å². The molecule has 4 aromatic heterocycles. The molecule has 24 heteroatoms. The Morgan fingerprint density at radius 1 is 0.556 bits per heavy atom. The molecule has 2 aliphatic rings. The number of fused-ring (bicyclic) bond motifs is 6. The van der Waals surface area contributed by atoms with Crippen LogP contribution in [0.2, 0.25) is 10.0 Å². The molecular formula is C57H70Cl2N10O10S2. The lowest BCUT2D eigenvalue weighted by Gasteiger charge is -2.28. The quantitative estimate of drug-likeness (QED) is 0.0302. The SMILES string of the molecule is Cc1sc2c(c1C)C(c1ccc(Cl)cc1)=N[C@@H](CC(=O)NCCOCCOCCOCC(C)(COCC=O)COCCOCCOCCNC(=O)C[C@@H]1N=C(c3ccc(Cl)cc3)c3c(sc(C)c3C)-n3c(C)nnc31)c1nnc(C)n1-2. The maximum absolute atomic E-state index is 13.3. The van der Waals surface area contributed by atoms with Crippen LogP contribution in [0.1, 0.15) is 98.3 Å². The summed E-state index contributed by atoms with van der Waals surface area (Å²) in [5.74, 6) is 2.32. The molecule has 0 bridgehead atoms. The van der Waals surface area contributed by atoms with Gasteiger partial charge < -0.3 is 48.6 Å². The minimum atomic E-state index is -0.568. The van der Waals surface area contributed by atoms with E-state index in [1.165, 1.54) is 9.75 Å². The van der Waals surface area contributed by atoms with Crippen LogP contribution in [-0.4, -0.2) is 165 Å². The number of carbonyl (C=O) groups excluding carboxylic acids is 3. The lowest BCUT2D eigenvalue weighted by Crippen LogP contribution is -2.35. The van der Waals surface area contributed by atoms with E-state index < -0.39 is 17.5 Å². The molecule has 434 valence electrons. The molecule has 2 amide bonds. The number of nitrogens with zero attached hydrogens (tertiary/aromatic N) is 8. The van der Waals surface area contributed by atoms with E-state index >= 15 is 0 Å². The Kier molecular flexibility index (Phi) is 22.4. The van der Waals surface area contributed by atoms with Crippen molar-refractivity contribution < 1.29 is 47.5 Å². The molecule has 6 aromatic rings. The van der Waals surface area contributed by atoms with E-state index in [0.717, 1.165) is 66.5 Å². The summed E-state index contributed by atoms with van der Waals surface area (Å²) in [5.41, 5.74) is 7.11. The number of thiophene rings is 2. The molecule has 81 heavy (non-hydrogen) atoms. The zero-order valence-electron chi connectivity index (χ0n) is 46.8. The van der Waals surface area contributed by atoms with Crippen molar-refractivity contribution in [2.45, 2.75) is 73.4 Å². The summed E-state index contributed by atoms with van der Waals surface area (Å²) in [6.45, 7) is 18.9. The summed E-state index contributed by atoms with van der Waals surface area (Å²) in [6, 6.07) is 14.0. The lowest BCUT2D eigenvalue weighted by atomic mass is 9.94. The van der Waals surface area contributed by atoms with Crippen molar-refractivity contribution in [3.05, 3.63) is 125 Å². The van der Waals surface area contributed by atoms with Crippen molar-refractivity contribution in [1.29, 1.82) is 0 Å². The third-order valence-electron chi connectivity index (χ3n) is 13.6. The summed E-state index contributed by atoms with van der Waals surface area (Å²) >= 11 is 15.8.